The van der Waals surface area contributed by atoms with Gasteiger partial charge in [0.1, 0.15) is 0 Å². The van der Waals surface area contributed by atoms with E-state index < -0.39 is 10.0 Å². The van der Waals surface area contributed by atoms with Gasteiger partial charge >= 0.3 is 6.03 Å². The molecule has 0 aromatic rings. The first-order chi connectivity index (χ1) is 10.5. The van der Waals surface area contributed by atoms with Gasteiger partial charge in [0.2, 0.25) is 10.0 Å². The third kappa shape index (κ3) is 5.40. The Kier molecular flexibility index (Phi) is 6.46. The highest BCUT2D eigenvalue weighted by Gasteiger charge is 2.28. The Bertz CT molecular complexity index is 457. The van der Waals surface area contributed by atoms with Crippen LogP contribution in [0.2, 0.25) is 0 Å². The van der Waals surface area contributed by atoms with Gasteiger partial charge in [-0.3, -0.25) is 0 Å². The number of urea groups is 1. The van der Waals surface area contributed by atoms with Crippen molar-refractivity contribution >= 4 is 16.1 Å². The SMILES string of the molecule is CS(=O)(=O)N(CCNC(=O)NC1CCCC1)C1CCOCC1. The lowest BCUT2D eigenvalue weighted by molar-refractivity contribution is 0.0589. The van der Waals surface area contributed by atoms with E-state index in [1.165, 1.54) is 10.6 Å². The molecular weight excluding hydrogens is 306 g/mol. The molecule has 2 rings (SSSR count). The van der Waals surface area contributed by atoms with Gasteiger partial charge in [0.05, 0.1) is 6.26 Å². The molecule has 128 valence electrons. The van der Waals surface area contributed by atoms with Crippen LogP contribution in [0.3, 0.4) is 0 Å². The minimum Gasteiger partial charge on any atom is -0.381 e. The van der Waals surface area contributed by atoms with Crippen molar-refractivity contribution in [2.24, 2.45) is 0 Å². The van der Waals surface area contributed by atoms with E-state index in [2.05, 4.69) is 10.6 Å². The predicted octanol–water partition coefficient (Wildman–Crippen LogP) is 0.669. The molecule has 2 fully saturated rings. The van der Waals surface area contributed by atoms with Gasteiger partial charge in [-0.05, 0) is 25.7 Å². The summed E-state index contributed by atoms with van der Waals surface area (Å²) in [6, 6.07) is 0.0391. The Hall–Kier alpha value is -0.860. The number of nitrogens with one attached hydrogen (secondary N) is 2. The molecule has 0 atom stereocenters. The lowest BCUT2D eigenvalue weighted by Gasteiger charge is -2.32. The lowest BCUT2D eigenvalue weighted by atomic mass is 10.1. The van der Waals surface area contributed by atoms with E-state index >= 15 is 0 Å². The molecule has 1 saturated carbocycles. The van der Waals surface area contributed by atoms with Gasteiger partial charge in [0, 0.05) is 38.4 Å². The predicted molar refractivity (Wildman–Crippen MR) is 84.2 cm³/mol. The minimum absolute atomic E-state index is 0.0246. The quantitative estimate of drug-likeness (QED) is 0.748. The Morgan fingerprint density at radius 1 is 1.18 bits per heavy atom. The number of hydrogen-bond acceptors (Lipinski definition) is 4. The van der Waals surface area contributed by atoms with Crippen LogP contribution in [0.15, 0.2) is 0 Å². The fourth-order valence-corrected chi connectivity index (χ4v) is 4.35. The van der Waals surface area contributed by atoms with Crippen LogP contribution in [-0.4, -0.2) is 63.4 Å². The maximum absolute atomic E-state index is 11.9. The first-order valence-electron chi connectivity index (χ1n) is 8.06. The summed E-state index contributed by atoms with van der Waals surface area (Å²) < 4.78 is 30.7. The Labute approximate surface area is 132 Å². The van der Waals surface area contributed by atoms with Crippen molar-refractivity contribution in [3.63, 3.8) is 0 Å². The van der Waals surface area contributed by atoms with Crippen LogP contribution in [0.4, 0.5) is 4.79 Å². The number of ether oxygens (including phenoxy) is 1. The second kappa shape index (κ2) is 8.12. The van der Waals surface area contributed by atoms with Crippen molar-refractivity contribution in [2.45, 2.75) is 50.6 Å². The highest BCUT2D eigenvalue weighted by atomic mass is 32.2. The molecule has 0 unspecified atom stereocenters. The van der Waals surface area contributed by atoms with Gasteiger partial charge in [-0.2, -0.15) is 4.31 Å². The van der Waals surface area contributed by atoms with E-state index in [9.17, 15) is 13.2 Å². The number of carbonyl (C=O) groups is 1. The van der Waals surface area contributed by atoms with Gasteiger partial charge in [-0.1, -0.05) is 12.8 Å². The molecular formula is C14H27N3O4S. The maximum Gasteiger partial charge on any atom is 0.315 e. The number of carbonyl (C=O) groups excluding carboxylic acids is 1. The molecule has 2 amide bonds. The molecule has 0 aromatic heterocycles. The first-order valence-corrected chi connectivity index (χ1v) is 9.90. The fourth-order valence-electron chi connectivity index (χ4n) is 3.18. The topological polar surface area (TPSA) is 87.7 Å². The maximum atomic E-state index is 11.9. The zero-order valence-corrected chi connectivity index (χ0v) is 14.0. The minimum atomic E-state index is -3.28. The summed E-state index contributed by atoms with van der Waals surface area (Å²) in [4.78, 5) is 11.8. The van der Waals surface area contributed by atoms with E-state index in [1.807, 2.05) is 0 Å². The van der Waals surface area contributed by atoms with E-state index in [4.69, 9.17) is 4.74 Å². The summed E-state index contributed by atoms with van der Waals surface area (Å²) in [5, 5.41) is 5.70. The van der Waals surface area contributed by atoms with Crippen molar-refractivity contribution in [3.05, 3.63) is 0 Å². The summed E-state index contributed by atoms with van der Waals surface area (Å²) in [5.41, 5.74) is 0. The monoisotopic (exact) mass is 333 g/mol. The van der Waals surface area contributed by atoms with E-state index in [0.29, 0.717) is 39.1 Å². The van der Waals surface area contributed by atoms with Crippen LogP contribution < -0.4 is 10.6 Å². The molecule has 7 nitrogen and oxygen atoms in total. The van der Waals surface area contributed by atoms with Crippen molar-refractivity contribution in [2.75, 3.05) is 32.6 Å². The van der Waals surface area contributed by atoms with E-state index in [1.54, 1.807) is 0 Å². The van der Waals surface area contributed by atoms with Gasteiger partial charge in [0.15, 0.2) is 0 Å². The highest BCUT2D eigenvalue weighted by molar-refractivity contribution is 7.88. The molecule has 8 heteroatoms. The second-order valence-corrected chi connectivity index (χ2v) is 8.03. The van der Waals surface area contributed by atoms with E-state index in [-0.39, 0.29) is 18.1 Å². The van der Waals surface area contributed by atoms with Gasteiger partial charge < -0.3 is 15.4 Å². The van der Waals surface area contributed by atoms with Crippen molar-refractivity contribution in [1.29, 1.82) is 0 Å². The third-order valence-electron chi connectivity index (χ3n) is 4.33. The molecule has 0 aromatic carbocycles. The van der Waals surface area contributed by atoms with Gasteiger partial charge in [0.25, 0.3) is 0 Å². The molecule has 2 aliphatic rings. The molecule has 0 radical (unpaired) electrons. The summed E-state index contributed by atoms with van der Waals surface area (Å²) in [6.45, 7) is 1.81. The van der Waals surface area contributed by atoms with Crippen LogP contribution in [0, 0.1) is 0 Å². The average Bonchev–Trinajstić information content (AvgIpc) is 2.96. The Morgan fingerprint density at radius 3 is 2.41 bits per heavy atom. The second-order valence-electron chi connectivity index (χ2n) is 6.10. The molecule has 0 spiro atoms. The van der Waals surface area contributed by atoms with Crippen LogP contribution in [0.5, 0.6) is 0 Å². The smallest absolute Gasteiger partial charge is 0.315 e. The summed E-state index contributed by atoms with van der Waals surface area (Å²) in [5.74, 6) is 0. The average molecular weight is 333 g/mol. The van der Waals surface area contributed by atoms with Gasteiger partial charge in [-0.25, -0.2) is 13.2 Å². The van der Waals surface area contributed by atoms with Crippen LogP contribution >= 0.6 is 0 Å². The van der Waals surface area contributed by atoms with Crippen LogP contribution in [0.25, 0.3) is 0 Å². The Balaban J connectivity index is 1.76. The molecule has 1 aliphatic carbocycles. The van der Waals surface area contributed by atoms with Crippen LogP contribution in [-0.2, 0) is 14.8 Å². The standard InChI is InChI=1S/C14H27N3O4S/c1-22(19,20)17(13-6-10-21-11-7-13)9-8-15-14(18)16-12-4-2-3-5-12/h12-13H,2-11H2,1H3,(H2,15,16,18). The van der Waals surface area contributed by atoms with Crippen LogP contribution in [0.1, 0.15) is 38.5 Å². The summed E-state index contributed by atoms with van der Waals surface area (Å²) >= 11 is 0. The summed E-state index contributed by atoms with van der Waals surface area (Å²) in [7, 11) is -3.28. The van der Waals surface area contributed by atoms with Crippen molar-refractivity contribution in [1.82, 2.24) is 14.9 Å². The first kappa shape index (κ1) is 17.5. The molecule has 0 bridgehead atoms. The zero-order chi connectivity index (χ0) is 16.0. The molecule has 22 heavy (non-hydrogen) atoms. The zero-order valence-electron chi connectivity index (χ0n) is 13.2. The Morgan fingerprint density at radius 2 is 1.82 bits per heavy atom. The summed E-state index contributed by atoms with van der Waals surface area (Å²) in [6.07, 6.45) is 7.03. The molecule has 2 N–H and O–H groups in total. The number of rotatable bonds is 6. The fraction of sp³-hybridized carbons (Fsp3) is 0.929. The highest BCUT2D eigenvalue weighted by Crippen LogP contribution is 2.18. The number of sulfonamides is 1. The van der Waals surface area contributed by atoms with Gasteiger partial charge in [-0.15, -0.1) is 0 Å². The van der Waals surface area contributed by atoms with Crippen molar-refractivity contribution in [3.8, 4) is 0 Å². The number of hydrogen-bond donors (Lipinski definition) is 2. The van der Waals surface area contributed by atoms with E-state index in [0.717, 1.165) is 25.7 Å². The number of amides is 2. The lowest BCUT2D eigenvalue weighted by Crippen LogP contribution is -2.48. The largest absolute Gasteiger partial charge is 0.381 e. The van der Waals surface area contributed by atoms with Crippen molar-refractivity contribution < 1.29 is 17.9 Å². The third-order valence-corrected chi connectivity index (χ3v) is 5.66. The number of nitrogens with zero attached hydrogens (tertiary/aromatic N) is 1. The molecule has 1 heterocycles. The molecule has 1 aliphatic heterocycles. The normalized spacial score (nSPS) is 21.2. The molecule has 1 saturated heterocycles.